The average Bonchev–Trinajstić information content (AvgIpc) is 3.12. The van der Waals surface area contributed by atoms with E-state index >= 15 is 0 Å². The molecule has 0 bridgehead atoms. The Morgan fingerprint density at radius 3 is 1.64 bits per heavy atom. The lowest BCUT2D eigenvalue weighted by molar-refractivity contribution is 0.396. The van der Waals surface area contributed by atoms with Gasteiger partial charge in [-0.05, 0) is 59.4 Å². The first-order chi connectivity index (χ1) is 17.4. The van der Waals surface area contributed by atoms with Crippen LogP contribution in [0.1, 0.15) is 160 Å². The number of unbranched alkanes of at least 4 members (excludes halogenated alkanes) is 10. The molecule has 0 nitrogen and oxygen atoms in total. The minimum absolute atomic E-state index is 0.199. The highest BCUT2D eigenvalue weighted by atomic mass is 14.5. The van der Waals surface area contributed by atoms with Crippen LogP contribution in [0.4, 0.5) is 0 Å². The van der Waals surface area contributed by atoms with Gasteiger partial charge in [-0.25, -0.2) is 0 Å². The molecule has 200 valence electrons. The molecule has 0 N–H and O–H groups in total. The Morgan fingerprint density at radius 1 is 0.583 bits per heavy atom. The van der Waals surface area contributed by atoms with Gasteiger partial charge in [0.2, 0.25) is 0 Å². The van der Waals surface area contributed by atoms with Crippen molar-refractivity contribution in [1.29, 1.82) is 0 Å². The van der Waals surface area contributed by atoms with Crippen molar-refractivity contribution in [1.82, 2.24) is 0 Å². The lowest BCUT2D eigenvalue weighted by Gasteiger charge is -2.34. The molecule has 0 atom stereocenters. The number of hydrogen-bond donors (Lipinski definition) is 0. The minimum atomic E-state index is 0.199. The van der Waals surface area contributed by atoms with Gasteiger partial charge in [0.15, 0.2) is 0 Å². The summed E-state index contributed by atoms with van der Waals surface area (Å²) < 4.78 is 0. The Bertz CT molecular complexity index is 915. The molecule has 0 heteroatoms. The number of rotatable bonds is 17. The van der Waals surface area contributed by atoms with E-state index in [2.05, 4.69) is 77.9 Å². The van der Waals surface area contributed by atoms with E-state index in [4.69, 9.17) is 0 Å². The maximum absolute atomic E-state index is 2.66. The fourth-order valence-corrected chi connectivity index (χ4v) is 6.88. The van der Waals surface area contributed by atoms with Crippen molar-refractivity contribution >= 4 is 0 Å². The standard InChI is InChI=1S/C36H56/c1-7-10-12-14-16-18-25-36(26-19-17-15-13-11-8-2)33-27-29(4)20-22-31(33)32-23-21-30(28-34(32)36)35(5,6)24-9-3/h20-23,27-28H,7-19,24-26H2,1-6H3. The summed E-state index contributed by atoms with van der Waals surface area (Å²) in [4.78, 5) is 0. The van der Waals surface area contributed by atoms with Gasteiger partial charge in [0, 0.05) is 5.41 Å². The van der Waals surface area contributed by atoms with E-state index in [1.165, 1.54) is 119 Å². The Morgan fingerprint density at radius 2 is 1.08 bits per heavy atom. The van der Waals surface area contributed by atoms with Crippen LogP contribution >= 0.6 is 0 Å². The first-order valence-electron chi connectivity index (χ1n) is 15.7. The molecular weight excluding hydrogens is 432 g/mol. The van der Waals surface area contributed by atoms with Gasteiger partial charge in [0.05, 0.1) is 0 Å². The van der Waals surface area contributed by atoms with Gasteiger partial charge in [-0.15, -0.1) is 0 Å². The highest BCUT2D eigenvalue weighted by Crippen LogP contribution is 2.55. The summed E-state index contributed by atoms with van der Waals surface area (Å²) in [6.07, 6.45) is 21.7. The quantitative estimate of drug-likeness (QED) is 0.194. The van der Waals surface area contributed by atoms with Gasteiger partial charge in [-0.2, -0.15) is 0 Å². The fraction of sp³-hybridized carbons (Fsp3) is 0.667. The lowest BCUT2D eigenvalue weighted by Crippen LogP contribution is -2.27. The lowest BCUT2D eigenvalue weighted by atomic mass is 9.69. The zero-order valence-corrected chi connectivity index (χ0v) is 24.8. The van der Waals surface area contributed by atoms with Crippen LogP contribution in [0, 0.1) is 6.92 Å². The van der Waals surface area contributed by atoms with Crippen LogP contribution < -0.4 is 0 Å². The third-order valence-corrected chi connectivity index (χ3v) is 9.09. The Balaban J connectivity index is 1.97. The fourth-order valence-electron chi connectivity index (χ4n) is 6.88. The maximum atomic E-state index is 2.66. The highest BCUT2D eigenvalue weighted by molar-refractivity contribution is 5.82. The van der Waals surface area contributed by atoms with Crippen molar-refractivity contribution in [2.24, 2.45) is 0 Å². The van der Waals surface area contributed by atoms with Gasteiger partial charge in [-0.3, -0.25) is 0 Å². The van der Waals surface area contributed by atoms with Crippen LogP contribution in [-0.2, 0) is 10.8 Å². The zero-order valence-electron chi connectivity index (χ0n) is 24.8. The molecule has 0 radical (unpaired) electrons. The average molecular weight is 489 g/mol. The third-order valence-electron chi connectivity index (χ3n) is 9.09. The third kappa shape index (κ3) is 6.85. The van der Waals surface area contributed by atoms with E-state index in [1.54, 1.807) is 16.7 Å². The molecule has 3 rings (SSSR count). The Hall–Kier alpha value is -1.56. The van der Waals surface area contributed by atoms with E-state index in [0.29, 0.717) is 0 Å². The summed E-state index contributed by atoms with van der Waals surface area (Å²) in [6, 6.07) is 14.9. The topological polar surface area (TPSA) is 0 Å². The van der Waals surface area contributed by atoms with Crippen molar-refractivity contribution in [2.75, 3.05) is 0 Å². The largest absolute Gasteiger partial charge is 0.0654 e. The summed E-state index contributed by atoms with van der Waals surface area (Å²) in [6.45, 7) is 14.2. The Labute approximate surface area is 224 Å². The van der Waals surface area contributed by atoms with Crippen LogP contribution in [0.2, 0.25) is 0 Å². The molecule has 1 aliphatic rings. The molecule has 0 heterocycles. The molecule has 0 aromatic heterocycles. The molecule has 0 saturated carbocycles. The van der Waals surface area contributed by atoms with Gasteiger partial charge in [-0.1, -0.05) is 160 Å². The predicted octanol–water partition coefficient (Wildman–Crippen LogP) is 11.8. The van der Waals surface area contributed by atoms with Gasteiger partial charge in [0.25, 0.3) is 0 Å². The molecule has 36 heavy (non-hydrogen) atoms. The second-order valence-corrected chi connectivity index (χ2v) is 12.6. The Kier molecular flexibility index (Phi) is 11.1. The second kappa shape index (κ2) is 13.8. The smallest absolute Gasteiger partial charge is 0.0215 e. The van der Waals surface area contributed by atoms with Crippen molar-refractivity contribution in [3.63, 3.8) is 0 Å². The molecular formula is C36H56. The SMILES string of the molecule is CCCCCCCCC1(CCCCCCCC)c2cc(C)ccc2-c2ccc(C(C)(C)CCC)cc21. The van der Waals surface area contributed by atoms with Crippen LogP contribution in [0.3, 0.4) is 0 Å². The van der Waals surface area contributed by atoms with Gasteiger partial charge < -0.3 is 0 Å². The van der Waals surface area contributed by atoms with E-state index in [0.717, 1.165) is 0 Å². The molecule has 0 saturated heterocycles. The number of fused-ring (bicyclic) bond motifs is 3. The summed E-state index contributed by atoms with van der Waals surface area (Å²) in [5.41, 5.74) is 9.75. The van der Waals surface area contributed by atoms with Crippen molar-refractivity contribution in [2.45, 2.75) is 155 Å². The molecule has 2 aromatic carbocycles. The number of hydrogen-bond acceptors (Lipinski definition) is 0. The van der Waals surface area contributed by atoms with Gasteiger partial charge in [0.1, 0.15) is 0 Å². The first-order valence-corrected chi connectivity index (χ1v) is 15.7. The number of aryl methyl sites for hydroxylation is 1. The van der Waals surface area contributed by atoms with Crippen molar-refractivity contribution in [3.05, 3.63) is 58.7 Å². The summed E-state index contributed by atoms with van der Waals surface area (Å²) in [5, 5.41) is 0. The van der Waals surface area contributed by atoms with Gasteiger partial charge >= 0.3 is 0 Å². The number of benzene rings is 2. The minimum Gasteiger partial charge on any atom is -0.0654 e. The van der Waals surface area contributed by atoms with Crippen LogP contribution in [0.5, 0.6) is 0 Å². The normalized spacial score (nSPS) is 14.2. The van der Waals surface area contributed by atoms with Crippen LogP contribution in [0.15, 0.2) is 36.4 Å². The van der Waals surface area contributed by atoms with Crippen LogP contribution in [0.25, 0.3) is 11.1 Å². The summed E-state index contributed by atoms with van der Waals surface area (Å²) in [7, 11) is 0. The molecule has 0 aliphatic heterocycles. The van der Waals surface area contributed by atoms with Crippen LogP contribution in [-0.4, -0.2) is 0 Å². The molecule has 0 unspecified atom stereocenters. The van der Waals surface area contributed by atoms with Crippen molar-refractivity contribution < 1.29 is 0 Å². The van der Waals surface area contributed by atoms with E-state index in [1.807, 2.05) is 0 Å². The predicted molar refractivity (Wildman–Crippen MR) is 161 cm³/mol. The summed E-state index contributed by atoms with van der Waals surface area (Å²) in [5.74, 6) is 0. The first kappa shape index (κ1) is 29.0. The monoisotopic (exact) mass is 488 g/mol. The second-order valence-electron chi connectivity index (χ2n) is 12.6. The van der Waals surface area contributed by atoms with E-state index in [-0.39, 0.29) is 10.8 Å². The molecule has 1 aliphatic carbocycles. The van der Waals surface area contributed by atoms with Crippen molar-refractivity contribution in [3.8, 4) is 11.1 Å². The molecule has 0 fully saturated rings. The van der Waals surface area contributed by atoms with E-state index < -0.39 is 0 Å². The maximum Gasteiger partial charge on any atom is 0.0215 e. The zero-order chi connectivity index (χ0) is 26.0. The molecule has 2 aromatic rings. The molecule has 0 spiro atoms. The highest BCUT2D eigenvalue weighted by Gasteiger charge is 2.42. The summed E-state index contributed by atoms with van der Waals surface area (Å²) >= 11 is 0. The molecule has 0 amide bonds. The van der Waals surface area contributed by atoms with E-state index in [9.17, 15) is 0 Å².